The summed E-state index contributed by atoms with van der Waals surface area (Å²) in [6, 6.07) is 14.0. The van der Waals surface area contributed by atoms with Crippen LogP contribution in [0, 0.1) is 0 Å². The molecule has 2 amide bonds. The molecule has 1 saturated heterocycles. The van der Waals surface area contributed by atoms with Gasteiger partial charge < -0.3 is 9.47 Å². The normalized spacial score (nSPS) is 15.2. The van der Waals surface area contributed by atoms with E-state index in [4.69, 9.17) is 21.7 Å². The van der Waals surface area contributed by atoms with Gasteiger partial charge in [-0.05, 0) is 36.5 Å². The molecular weight excluding hydrogens is 384 g/mol. The number of amides is 2. The van der Waals surface area contributed by atoms with Crippen LogP contribution in [0.5, 0.6) is 11.5 Å². The molecule has 6 nitrogen and oxygen atoms in total. The summed E-state index contributed by atoms with van der Waals surface area (Å²) < 4.78 is 10.9. The van der Waals surface area contributed by atoms with Gasteiger partial charge in [-0.3, -0.25) is 15.0 Å². The summed E-state index contributed by atoms with van der Waals surface area (Å²) >= 11 is 6.35. The van der Waals surface area contributed by atoms with Crippen LogP contribution in [-0.4, -0.2) is 35.4 Å². The number of carbonyl (C=O) groups is 2. The number of ether oxygens (including phenoxy) is 2. The monoisotopic (exact) mass is 400 g/mol. The lowest BCUT2D eigenvalue weighted by atomic mass is 10.1. The number of hydrazine groups is 1. The maximum absolute atomic E-state index is 12.7. The van der Waals surface area contributed by atoms with Crippen LogP contribution in [0.1, 0.15) is 15.9 Å². The molecule has 0 atom stereocenters. The minimum atomic E-state index is -0.410. The van der Waals surface area contributed by atoms with E-state index in [0.29, 0.717) is 27.5 Å². The first-order valence-electron chi connectivity index (χ1n) is 7.90. The number of nitrogens with zero attached hydrogens (tertiary/aromatic N) is 1. The first-order chi connectivity index (χ1) is 13.0. The Morgan fingerprint density at radius 3 is 2.52 bits per heavy atom. The van der Waals surface area contributed by atoms with Gasteiger partial charge in [-0.15, -0.1) is 0 Å². The second-order valence-corrected chi connectivity index (χ2v) is 7.08. The maximum atomic E-state index is 12.7. The molecule has 138 valence electrons. The molecule has 1 heterocycles. The second kappa shape index (κ2) is 8.24. The molecule has 8 heteroatoms. The number of benzene rings is 2. The zero-order valence-corrected chi connectivity index (χ0v) is 16.2. The fourth-order valence-electron chi connectivity index (χ4n) is 2.49. The quantitative estimate of drug-likeness (QED) is 0.614. The Hall–Kier alpha value is -2.84. The molecule has 2 aromatic rings. The third-order valence-corrected chi connectivity index (χ3v) is 5.07. The Morgan fingerprint density at radius 2 is 1.85 bits per heavy atom. The molecule has 1 N–H and O–H groups in total. The van der Waals surface area contributed by atoms with Gasteiger partial charge in [0.1, 0.15) is 0 Å². The molecule has 0 aromatic heterocycles. The number of methoxy groups -OCH3 is 2. The zero-order chi connectivity index (χ0) is 19.4. The minimum Gasteiger partial charge on any atom is -0.493 e. The molecule has 3 rings (SSSR count). The molecule has 1 fully saturated rings. The molecule has 1 aliphatic rings. The maximum Gasteiger partial charge on any atom is 0.285 e. The molecule has 0 radical (unpaired) electrons. The Bertz CT molecular complexity index is 929. The highest BCUT2D eigenvalue weighted by molar-refractivity contribution is 8.26. The van der Waals surface area contributed by atoms with Gasteiger partial charge in [-0.1, -0.05) is 42.1 Å². The Kier molecular flexibility index (Phi) is 5.78. The standard InChI is InChI=1S/C19H16N2O4S2/c1-24-14-10-6-9-13(16(14)25-2)11-15-18(23)21(19(26)27-15)20-17(22)12-7-4-3-5-8-12/h3-11H,1-2H3,(H,20,22)/b15-11-. The summed E-state index contributed by atoms with van der Waals surface area (Å²) in [5.41, 5.74) is 3.66. The molecule has 0 aliphatic carbocycles. The predicted octanol–water partition coefficient (Wildman–Crippen LogP) is 3.25. The van der Waals surface area contributed by atoms with Crippen LogP contribution < -0.4 is 14.9 Å². The van der Waals surface area contributed by atoms with E-state index in [1.807, 2.05) is 0 Å². The number of para-hydroxylation sites is 1. The summed E-state index contributed by atoms with van der Waals surface area (Å²) in [6.07, 6.45) is 1.66. The molecule has 1 aliphatic heterocycles. The van der Waals surface area contributed by atoms with Crippen molar-refractivity contribution < 1.29 is 19.1 Å². The van der Waals surface area contributed by atoms with Gasteiger partial charge >= 0.3 is 0 Å². The van der Waals surface area contributed by atoms with Gasteiger partial charge in [0.05, 0.1) is 19.1 Å². The van der Waals surface area contributed by atoms with Crippen molar-refractivity contribution in [3.8, 4) is 11.5 Å². The summed E-state index contributed by atoms with van der Waals surface area (Å²) in [4.78, 5) is 25.4. The lowest BCUT2D eigenvalue weighted by Crippen LogP contribution is -2.44. The number of carbonyl (C=O) groups excluding carboxylic acids is 2. The van der Waals surface area contributed by atoms with Crippen molar-refractivity contribution in [2.45, 2.75) is 0 Å². The predicted molar refractivity (Wildman–Crippen MR) is 108 cm³/mol. The summed E-state index contributed by atoms with van der Waals surface area (Å²) in [6.45, 7) is 0. The first kappa shape index (κ1) is 18.9. The van der Waals surface area contributed by atoms with Crippen molar-refractivity contribution in [1.82, 2.24) is 10.4 Å². The van der Waals surface area contributed by atoms with Crippen LogP contribution in [0.15, 0.2) is 53.4 Å². The summed E-state index contributed by atoms with van der Waals surface area (Å²) in [5, 5.41) is 1.08. The molecular formula is C19H16N2O4S2. The van der Waals surface area contributed by atoms with Crippen molar-refractivity contribution in [3.63, 3.8) is 0 Å². The van der Waals surface area contributed by atoms with Crippen molar-refractivity contribution in [2.24, 2.45) is 0 Å². The van der Waals surface area contributed by atoms with E-state index in [0.717, 1.165) is 16.8 Å². The molecule has 0 spiro atoms. The van der Waals surface area contributed by atoms with Crippen LogP contribution in [0.2, 0.25) is 0 Å². The van der Waals surface area contributed by atoms with Gasteiger partial charge in [-0.25, -0.2) is 0 Å². The van der Waals surface area contributed by atoms with E-state index in [1.165, 1.54) is 7.11 Å². The van der Waals surface area contributed by atoms with Crippen LogP contribution in [0.3, 0.4) is 0 Å². The van der Waals surface area contributed by atoms with Crippen LogP contribution >= 0.6 is 24.0 Å². The molecule has 0 saturated carbocycles. The van der Waals surface area contributed by atoms with E-state index in [1.54, 1.807) is 61.7 Å². The number of thioether (sulfide) groups is 1. The van der Waals surface area contributed by atoms with Gasteiger partial charge in [0.15, 0.2) is 15.8 Å². The minimum absolute atomic E-state index is 0.248. The largest absolute Gasteiger partial charge is 0.493 e. The van der Waals surface area contributed by atoms with E-state index < -0.39 is 11.8 Å². The summed E-state index contributed by atoms with van der Waals surface area (Å²) in [5.74, 6) is 0.254. The van der Waals surface area contributed by atoms with E-state index in [9.17, 15) is 9.59 Å². The number of hydrogen-bond donors (Lipinski definition) is 1. The van der Waals surface area contributed by atoms with Crippen LogP contribution in [0.25, 0.3) is 6.08 Å². The van der Waals surface area contributed by atoms with Gasteiger partial charge in [0, 0.05) is 11.1 Å². The number of thiocarbonyl (C=S) groups is 1. The van der Waals surface area contributed by atoms with E-state index in [2.05, 4.69) is 5.43 Å². The first-order valence-corrected chi connectivity index (χ1v) is 9.12. The molecule has 0 bridgehead atoms. The molecule has 0 unspecified atom stereocenters. The Morgan fingerprint density at radius 1 is 1.11 bits per heavy atom. The van der Waals surface area contributed by atoms with Crippen molar-refractivity contribution >= 4 is 46.2 Å². The lowest BCUT2D eigenvalue weighted by Gasteiger charge is -2.15. The third-order valence-electron chi connectivity index (χ3n) is 3.76. The highest BCUT2D eigenvalue weighted by Gasteiger charge is 2.34. The van der Waals surface area contributed by atoms with Gasteiger partial charge in [0.2, 0.25) is 0 Å². The number of hydrogen-bond acceptors (Lipinski definition) is 6. The summed E-state index contributed by atoms with van der Waals surface area (Å²) in [7, 11) is 3.07. The van der Waals surface area contributed by atoms with Crippen molar-refractivity contribution in [2.75, 3.05) is 14.2 Å². The van der Waals surface area contributed by atoms with Crippen molar-refractivity contribution in [1.29, 1.82) is 0 Å². The molecule has 27 heavy (non-hydrogen) atoms. The lowest BCUT2D eigenvalue weighted by molar-refractivity contribution is -0.123. The second-order valence-electron chi connectivity index (χ2n) is 5.41. The molecule has 2 aromatic carbocycles. The fraction of sp³-hybridized carbons (Fsp3) is 0.105. The zero-order valence-electron chi connectivity index (χ0n) is 14.6. The van der Waals surface area contributed by atoms with E-state index in [-0.39, 0.29) is 4.32 Å². The highest BCUT2D eigenvalue weighted by atomic mass is 32.2. The van der Waals surface area contributed by atoms with Crippen LogP contribution in [-0.2, 0) is 4.79 Å². The Balaban J connectivity index is 1.84. The highest BCUT2D eigenvalue weighted by Crippen LogP contribution is 2.36. The fourth-order valence-corrected chi connectivity index (χ4v) is 3.66. The smallest absolute Gasteiger partial charge is 0.285 e. The average molecular weight is 400 g/mol. The third kappa shape index (κ3) is 3.96. The average Bonchev–Trinajstić information content (AvgIpc) is 2.95. The van der Waals surface area contributed by atoms with Crippen LogP contribution in [0.4, 0.5) is 0 Å². The number of rotatable bonds is 5. The topological polar surface area (TPSA) is 67.9 Å². The van der Waals surface area contributed by atoms with Crippen molar-refractivity contribution in [3.05, 3.63) is 64.6 Å². The van der Waals surface area contributed by atoms with Gasteiger partial charge in [-0.2, -0.15) is 5.01 Å². The van der Waals surface area contributed by atoms with E-state index >= 15 is 0 Å². The van der Waals surface area contributed by atoms with Gasteiger partial charge in [0.25, 0.3) is 11.8 Å². The SMILES string of the molecule is COc1cccc(/C=C2\SC(=S)N(NC(=O)c3ccccc3)C2=O)c1OC. The Labute approximate surface area is 166 Å². The number of nitrogens with one attached hydrogen (secondary N) is 1.